The van der Waals surface area contributed by atoms with Gasteiger partial charge in [0.2, 0.25) is 0 Å². The maximum atomic E-state index is 11.3. The van der Waals surface area contributed by atoms with Gasteiger partial charge in [-0.1, -0.05) is 90.5 Å². The van der Waals surface area contributed by atoms with E-state index < -0.39 is 5.97 Å². The molecule has 2 N–H and O–H groups in total. The summed E-state index contributed by atoms with van der Waals surface area (Å²) in [6.07, 6.45) is 5.00. The molecule has 0 fully saturated rings. The number of aromatic carboxylic acids is 1. The van der Waals surface area contributed by atoms with Gasteiger partial charge in [-0.25, -0.2) is 4.79 Å². The Labute approximate surface area is 265 Å². The fourth-order valence-electron chi connectivity index (χ4n) is 4.91. The number of carboxylic acid groups (broad SMARTS) is 1. The number of hydrogen-bond donors (Lipinski definition) is 2. The second kappa shape index (κ2) is 19.5. The predicted octanol–water partition coefficient (Wildman–Crippen LogP) is 7.56. The van der Waals surface area contributed by atoms with Crippen LogP contribution in [0.4, 0.5) is 0 Å². The Morgan fingerprint density at radius 2 is 1.39 bits per heavy atom. The van der Waals surface area contributed by atoms with Gasteiger partial charge in [0.05, 0.1) is 18.3 Å². The molecule has 232 valence electrons. The first-order chi connectivity index (χ1) is 21.5. The summed E-state index contributed by atoms with van der Waals surface area (Å²) in [5.41, 5.74) is 6.08. The minimum absolute atomic E-state index is 0.204. The molecule has 0 bridgehead atoms. The van der Waals surface area contributed by atoms with Crippen molar-refractivity contribution >= 4 is 23.9 Å². The average molecular weight is 616 g/mol. The molecule has 0 aliphatic heterocycles. The van der Waals surface area contributed by atoms with Gasteiger partial charge in [-0.05, 0) is 84.3 Å². The normalized spacial score (nSPS) is 11.5. The number of aryl methyl sites for hydroxylation is 2. The highest BCUT2D eigenvalue weighted by Gasteiger charge is 2.18. The topological polar surface area (TPSA) is 87.1 Å². The molecule has 0 saturated heterocycles. The number of ether oxygens (including phenoxy) is 1. The number of rotatable bonds is 17. The first-order valence-corrected chi connectivity index (χ1v) is 15.3. The number of aldehydes is 1. The van der Waals surface area contributed by atoms with Crippen LogP contribution in [0.15, 0.2) is 103 Å². The number of carbonyl (C=O) groups excluding carboxylic acids is 1. The van der Waals surface area contributed by atoms with Gasteiger partial charge in [-0.2, -0.15) is 0 Å². The van der Waals surface area contributed by atoms with Crippen LogP contribution < -0.4 is 0 Å². The van der Waals surface area contributed by atoms with E-state index in [2.05, 4.69) is 53.4 Å². The van der Waals surface area contributed by atoms with E-state index in [1.165, 1.54) is 11.1 Å². The van der Waals surface area contributed by atoms with E-state index in [4.69, 9.17) is 21.4 Å². The zero-order valence-electron chi connectivity index (χ0n) is 25.3. The Morgan fingerprint density at radius 3 is 2.00 bits per heavy atom. The number of aliphatic hydroxyl groups is 1. The SMILES string of the molecule is CO.O=CCCCCN(Cc1ccc(C(=O)O)cc1)CC(OCc1ccc(CCc2ccccc2)cc1)c1ccc(Cl)cc1. The lowest BCUT2D eigenvalue weighted by Crippen LogP contribution is -2.30. The van der Waals surface area contributed by atoms with E-state index in [1.807, 2.05) is 42.5 Å². The van der Waals surface area contributed by atoms with E-state index >= 15 is 0 Å². The highest BCUT2D eigenvalue weighted by molar-refractivity contribution is 6.30. The lowest BCUT2D eigenvalue weighted by Gasteiger charge is -2.28. The summed E-state index contributed by atoms with van der Waals surface area (Å²) in [6, 6.07) is 33.9. The number of carboxylic acids is 1. The number of carbonyl (C=O) groups is 2. The third kappa shape index (κ3) is 12.1. The van der Waals surface area contributed by atoms with Gasteiger partial charge in [0, 0.05) is 31.6 Å². The van der Waals surface area contributed by atoms with Gasteiger partial charge in [0.25, 0.3) is 0 Å². The van der Waals surface area contributed by atoms with Gasteiger partial charge < -0.3 is 19.7 Å². The van der Waals surface area contributed by atoms with Crippen LogP contribution in [0.2, 0.25) is 5.02 Å². The smallest absolute Gasteiger partial charge is 0.335 e. The summed E-state index contributed by atoms with van der Waals surface area (Å²) in [5, 5.41) is 16.9. The van der Waals surface area contributed by atoms with E-state index in [0.717, 1.165) is 62.3 Å². The van der Waals surface area contributed by atoms with Crippen molar-refractivity contribution in [3.63, 3.8) is 0 Å². The number of unbranched alkanes of at least 4 members (excludes halogenated alkanes) is 2. The minimum Gasteiger partial charge on any atom is -0.478 e. The minimum atomic E-state index is -0.937. The first kappa shape index (κ1) is 34.7. The van der Waals surface area contributed by atoms with Gasteiger partial charge in [0.1, 0.15) is 6.29 Å². The zero-order chi connectivity index (χ0) is 31.6. The molecule has 0 aromatic heterocycles. The summed E-state index contributed by atoms with van der Waals surface area (Å²) in [6.45, 7) is 2.54. The van der Waals surface area contributed by atoms with Crippen molar-refractivity contribution in [1.29, 1.82) is 0 Å². The van der Waals surface area contributed by atoms with Crippen LogP contribution in [0.1, 0.15) is 63.5 Å². The number of halogens is 1. The summed E-state index contributed by atoms with van der Waals surface area (Å²) < 4.78 is 6.55. The molecule has 1 atom stereocenters. The quantitative estimate of drug-likeness (QED) is 0.0941. The summed E-state index contributed by atoms with van der Waals surface area (Å²) >= 11 is 6.19. The standard InChI is InChI=1S/C36H38ClNO4.CH4O/c37-34-21-19-32(20-22-34)35(42-27-31-13-11-29(12-14-31)10-9-28-7-3-1-4-8-28)26-38(23-5-2-6-24-39)25-30-15-17-33(18-16-30)36(40)41;1-2/h1,3-4,7-8,11-22,24,35H,2,5-6,9-10,23,25-27H2,(H,40,41);2H,1H3. The van der Waals surface area contributed by atoms with Crippen molar-refractivity contribution in [2.45, 2.75) is 51.4 Å². The summed E-state index contributed by atoms with van der Waals surface area (Å²) in [7, 11) is 1.00. The lowest BCUT2D eigenvalue weighted by atomic mass is 10.0. The zero-order valence-corrected chi connectivity index (χ0v) is 26.0. The van der Waals surface area contributed by atoms with Crippen molar-refractivity contribution in [2.75, 3.05) is 20.2 Å². The third-order valence-corrected chi connectivity index (χ3v) is 7.59. The number of nitrogens with zero attached hydrogens (tertiary/aromatic N) is 1. The third-order valence-electron chi connectivity index (χ3n) is 7.34. The molecule has 0 aliphatic rings. The number of hydrogen-bond acceptors (Lipinski definition) is 5. The largest absolute Gasteiger partial charge is 0.478 e. The highest BCUT2D eigenvalue weighted by atomic mass is 35.5. The molecule has 7 heteroatoms. The molecule has 0 radical (unpaired) electrons. The fourth-order valence-corrected chi connectivity index (χ4v) is 5.03. The van der Waals surface area contributed by atoms with Gasteiger partial charge in [-0.15, -0.1) is 0 Å². The van der Waals surface area contributed by atoms with Crippen molar-refractivity contribution in [1.82, 2.24) is 4.90 Å². The molecule has 0 saturated carbocycles. The molecule has 0 spiro atoms. The molecule has 44 heavy (non-hydrogen) atoms. The van der Waals surface area contributed by atoms with Gasteiger partial charge >= 0.3 is 5.97 Å². The van der Waals surface area contributed by atoms with Crippen molar-refractivity contribution in [3.05, 3.63) is 142 Å². The highest BCUT2D eigenvalue weighted by Crippen LogP contribution is 2.24. The van der Waals surface area contributed by atoms with E-state index in [0.29, 0.717) is 31.1 Å². The molecule has 4 rings (SSSR count). The van der Waals surface area contributed by atoms with Crippen LogP contribution in [-0.4, -0.2) is 47.6 Å². The monoisotopic (exact) mass is 615 g/mol. The van der Waals surface area contributed by atoms with E-state index in [1.54, 1.807) is 12.1 Å². The van der Waals surface area contributed by atoms with Crippen LogP contribution in [0.3, 0.4) is 0 Å². The van der Waals surface area contributed by atoms with Crippen LogP contribution in [0, 0.1) is 0 Å². The fraction of sp³-hybridized carbons (Fsp3) is 0.297. The van der Waals surface area contributed by atoms with Gasteiger partial charge in [0.15, 0.2) is 0 Å². The molecule has 4 aromatic rings. The average Bonchev–Trinajstić information content (AvgIpc) is 3.06. The van der Waals surface area contributed by atoms with Crippen LogP contribution in [0.25, 0.3) is 0 Å². The van der Waals surface area contributed by atoms with Crippen LogP contribution in [-0.2, 0) is 35.5 Å². The van der Waals surface area contributed by atoms with Crippen molar-refractivity contribution in [3.8, 4) is 0 Å². The van der Waals surface area contributed by atoms with Crippen molar-refractivity contribution < 1.29 is 24.5 Å². The predicted molar refractivity (Wildman–Crippen MR) is 176 cm³/mol. The summed E-state index contributed by atoms with van der Waals surface area (Å²) in [5.74, 6) is -0.937. The van der Waals surface area contributed by atoms with Crippen molar-refractivity contribution in [2.24, 2.45) is 0 Å². The van der Waals surface area contributed by atoms with E-state index in [-0.39, 0.29) is 11.7 Å². The van der Waals surface area contributed by atoms with Gasteiger partial charge in [-0.3, -0.25) is 4.90 Å². The Kier molecular flexibility index (Phi) is 15.3. The van der Waals surface area contributed by atoms with Crippen LogP contribution >= 0.6 is 11.6 Å². The second-order valence-electron chi connectivity index (χ2n) is 10.6. The lowest BCUT2D eigenvalue weighted by molar-refractivity contribution is -0.108. The Balaban J connectivity index is 0.00000259. The number of aliphatic hydroxyl groups excluding tert-OH is 1. The van der Waals surface area contributed by atoms with E-state index in [9.17, 15) is 14.7 Å². The maximum absolute atomic E-state index is 11.3. The molecule has 6 nitrogen and oxygen atoms in total. The molecule has 4 aromatic carbocycles. The number of benzene rings is 4. The molecule has 0 heterocycles. The molecular weight excluding hydrogens is 574 g/mol. The molecular formula is C37H42ClNO5. The maximum Gasteiger partial charge on any atom is 0.335 e. The Morgan fingerprint density at radius 1 is 0.795 bits per heavy atom. The van der Waals surface area contributed by atoms with Crippen LogP contribution in [0.5, 0.6) is 0 Å². The summed E-state index contributed by atoms with van der Waals surface area (Å²) in [4.78, 5) is 24.5. The Hall–Kier alpha value is -3.81. The Bertz CT molecular complexity index is 1380. The molecule has 0 aliphatic carbocycles. The first-order valence-electron chi connectivity index (χ1n) is 14.9. The molecule has 1 unspecified atom stereocenters. The molecule has 0 amide bonds. The second-order valence-corrected chi connectivity index (χ2v) is 11.0.